The van der Waals surface area contributed by atoms with E-state index in [1.54, 1.807) is 7.11 Å². The van der Waals surface area contributed by atoms with Crippen LogP contribution in [0.3, 0.4) is 0 Å². The van der Waals surface area contributed by atoms with Gasteiger partial charge in [0.05, 0.1) is 7.11 Å². The monoisotopic (exact) mass is 305 g/mol. The van der Waals surface area contributed by atoms with Crippen molar-refractivity contribution in [3.63, 3.8) is 0 Å². The van der Waals surface area contributed by atoms with Gasteiger partial charge in [-0.25, -0.2) is 0 Å². The predicted octanol–water partition coefficient (Wildman–Crippen LogP) is 4.34. The highest BCUT2D eigenvalue weighted by Crippen LogP contribution is 2.35. The van der Waals surface area contributed by atoms with Gasteiger partial charge in [0.15, 0.2) is 0 Å². The molecule has 2 aliphatic rings. The fourth-order valence-electron chi connectivity index (χ4n) is 3.92. The maximum atomic E-state index is 5.38. The number of aryl methyl sites for hydroxylation is 1. The second-order valence-electron chi connectivity index (χ2n) is 6.34. The van der Waals surface area contributed by atoms with E-state index in [-0.39, 0.29) is 0 Å². The summed E-state index contributed by atoms with van der Waals surface area (Å²) in [6, 6.07) is 7.85. The Balaban J connectivity index is 1.75. The van der Waals surface area contributed by atoms with E-state index >= 15 is 0 Å². The topological polar surface area (TPSA) is 21.3 Å². The summed E-state index contributed by atoms with van der Waals surface area (Å²) in [5, 5.41) is 4.78. The lowest BCUT2D eigenvalue weighted by Crippen LogP contribution is -2.43. The van der Waals surface area contributed by atoms with Crippen LogP contribution in [0.25, 0.3) is 0 Å². The molecule has 1 N–H and O–H groups in total. The van der Waals surface area contributed by atoms with Crippen molar-refractivity contribution in [1.82, 2.24) is 5.32 Å². The zero-order valence-electron chi connectivity index (χ0n) is 13.2. The number of methoxy groups -OCH3 is 1. The molecule has 0 radical (unpaired) electrons. The van der Waals surface area contributed by atoms with Crippen LogP contribution < -0.4 is 10.1 Å². The molecule has 3 atom stereocenters. The van der Waals surface area contributed by atoms with Crippen LogP contribution >= 0.6 is 11.8 Å². The Bertz CT molecular complexity index is 476. The first kappa shape index (κ1) is 15.2. The second kappa shape index (κ2) is 7.06. The van der Waals surface area contributed by atoms with Gasteiger partial charge in [-0.3, -0.25) is 0 Å². The fourth-order valence-corrected chi connectivity index (χ4v) is 4.86. The van der Waals surface area contributed by atoms with Crippen LogP contribution in [-0.2, 0) is 6.42 Å². The summed E-state index contributed by atoms with van der Waals surface area (Å²) < 4.78 is 5.38. The van der Waals surface area contributed by atoms with Crippen LogP contribution in [0.4, 0.5) is 0 Å². The third-order valence-electron chi connectivity index (χ3n) is 5.09. The Morgan fingerprint density at radius 1 is 1.14 bits per heavy atom. The molecule has 0 spiro atoms. The highest BCUT2D eigenvalue weighted by Gasteiger charge is 2.29. The van der Waals surface area contributed by atoms with E-state index in [9.17, 15) is 0 Å². The van der Waals surface area contributed by atoms with E-state index in [4.69, 9.17) is 4.74 Å². The van der Waals surface area contributed by atoms with E-state index < -0.39 is 0 Å². The van der Waals surface area contributed by atoms with E-state index in [0.717, 1.165) is 11.0 Å². The molecular weight excluding hydrogens is 278 g/mol. The average Bonchev–Trinajstić information content (AvgIpc) is 2.55. The van der Waals surface area contributed by atoms with Crippen LogP contribution in [0.1, 0.15) is 55.7 Å². The summed E-state index contributed by atoms with van der Waals surface area (Å²) >= 11 is 2.05. The molecule has 21 heavy (non-hydrogen) atoms. The van der Waals surface area contributed by atoms with Gasteiger partial charge < -0.3 is 10.1 Å². The molecule has 1 aromatic carbocycles. The number of hydrogen-bond acceptors (Lipinski definition) is 3. The number of hydrogen-bond donors (Lipinski definition) is 1. The fraction of sp³-hybridized carbons (Fsp3) is 0.667. The molecule has 3 rings (SSSR count). The Hall–Kier alpha value is -0.670. The first-order valence-corrected chi connectivity index (χ1v) is 9.56. The summed E-state index contributed by atoms with van der Waals surface area (Å²) in [7, 11) is 1.76. The minimum Gasteiger partial charge on any atom is -0.497 e. The van der Waals surface area contributed by atoms with Crippen LogP contribution in [-0.4, -0.2) is 24.7 Å². The molecular formula is C18H27NOS. The van der Waals surface area contributed by atoms with Gasteiger partial charge in [0.25, 0.3) is 0 Å². The molecule has 1 aromatic rings. The summed E-state index contributed by atoms with van der Waals surface area (Å²) in [6.07, 6.45) is 11.5. The third-order valence-corrected chi connectivity index (χ3v) is 6.25. The minimum atomic E-state index is 0.539. The zero-order chi connectivity index (χ0) is 14.7. The van der Waals surface area contributed by atoms with Crippen molar-refractivity contribution in [3.05, 3.63) is 29.3 Å². The maximum Gasteiger partial charge on any atom is 0.119 e. The third kappa shape index (κ3) is 3.40. The largest absolute Gasteiger partial charge is 0.497 e. The molecule has 0 amide bonds. The van der Waals surface area contributed by atoms with Crippen molar-refractivity contribution < 1.29 is 4.74 Å². The first-order valence-electron chi connectivity index (χ1n) is 8.27. The van der Waals surface area contributed by atoms with Gasteiger partial charge in [0.2, 0.25) is 0 Å². The lowest BCUT2D eigenvalue weighted by Gasteiger charge is -2.36. The number of rotatable bonds is 4. The number of ether oxygens (including phenoxy) is 1. The van der Waals surface area contributed by atoms with Gasteiger partial charge in [-0.2, -0.15) is 11.8 Å². The number of benzene rings is 1. The average molecular weight is 305 g/mol. The molecule has 3 unspecified atom stereocenters. The quantitative estimate of drug-likeness (QED) is 0.894. The highest BCUT2D eigenvalue weighted by atomic mass is 32.2. The van der Waals surface area contributed by atoms with E-state index in [1.807, 2.05) is 11.8 Å². The first-order chi connectivity index (χ1) is 10.3. The molecule has 0 aliphatic heterocycles. The molecule has 1 fully saturated rings. The van der Waals surface area contributed by atoms with Gasteiger partial charge in [-0.1, -0.05) is 18.9 Å². The van der Waals surface area contributed by atoms with Gasteiger partial charge in [0.1, 0.15) is 5.75 Å². The Labute approximate surface area is 133 Å². The SMILES string of the molecule is COc1ccc2c(c1)CCCC2NC1CCCCC1SC. The van der Waals surface area contributed by atoms with Gasteiger partial charge in [-0.05, 0) is 61.6 Å². The maximum absolute atomic E-state index is 5.38. The van der Waals surface area contributed by atoms with Crippen molar-refractivity contribution in [3.8, 4) is 5.75 Å². The zero-order valence-corrected chi connectivity index (χ0v) is 14.0. The van der Waals surface area contributed by atoms with E-state index in [2.05, 4.69) is 29.8 Å². The smallest absolute Gasteiger partial charge is 0.119 e. The van der Waals surface area contributed by atoms with Crippen molar-refractivity contribution in [1.29, 1.82) is 0 Å². The number of nitrogens with one attached hydrogen (secondary N) is 1. The lowest BCUT2D eigenvalue weighted by atomic mass is 9.85. The van der Waals surface area contributed by atoms with Gasteiger partial charge in [0, 0.05) is 17.3 Å². The standard InChI is InChI=1S/C18H27NOS/c1-20-14-10-11-15-13(12-14)6-5-8-16(15)19-17-7-3-4-9-18(17)21-2/h10-12,16-19H,3-9H2,1-2H3. The molecule has 116 valence electrons. The molecule has 2 nitrogen and oxygen atoms in total. The summed E-state index contributed by atoms with van der Waals surface area (Å²) in [4.78, 5) is 0. The van der Waals surface area contributed by atoms with E-state index in [1.165, 1.54) is 56.1 Å². The van der Waals surface area contributed by atoms with Crippen LogP contribution in [0.5, 0.6) is 5.75 Å². The molecule has 0 bridgehead atoms. The normalized spacial score (nSPS) is 29.0. The Kier molecular flexibility index (Phi) is 5.12. The molecule has 0 aromatic heterocycles. The summed E-state index contributed by atoms with van der Waals surface area (Å²) in [5.41, 5.74) is 2.99. The van der Waals surface area contributed by atoms with E-state index in [0.29, 0.717) is 12.1 Å². The van der Waals surface area contributed by atoms with Crippen LogP contribution in [0.2, 0.25) is 0 Å². The van der Waals surface area contributed by atoms with Crippen LogP contribution in [0.15, 0.2) is 18.2 Å². The van der Waals surface area contributed by atoms with Crippen molar-refractivity contribution >= 4 is 11.8 Å². The molecule has 1 saturated carbocycles. The van der Waals surface area contributed by atoms with Crippen molar-refractivity contribution in [2.45, 2.75) is 62.3 Å². The van der Waals surface area contributed by atoms with Gasteiger partial charge in [-0.15, -0.1) is 0 Å². The van der Waals surface area contributed by atoms with Gasteiger partial charge >= 0.3 is 0 Å². The summed E-state index contributed by atoms with van der Waals surface area (Å²) in [6.45, 7) is 0. The lowest BCUT2D eigenvalue weighted by molar-refractivity contribution is 0.328. The second-order valence-corrected chi connectivity index (χ2v) is 7.42. The minimum absolute atomic E-state index is 0.539. The predicted molar refractivity (Wildman–Crippen MR) is 91.4 cm³/mol. The molecule has 2 aliphatic carbocycles. The molecule has 3 heteroatoms. The highest BCUT2D eigenvalue weighted by molar-refractivity contribution is 7.99. The molecule has 0 heterocycles. The Morgan fingerprint density at radius 3 is 2.81 bits per heavy atom. The van der Waals surface area contributed by atoms with Crippen molar-refractivity contribution in [2.24, 2.45) is 0 Å². The summed E-state index contributed by atoms with van der Waals surface area (Å²) in [5.74, 6) is 0.994. The Morgan fingerprint density at radius 2 is 2.00 bits per heavy atom. The van der Waals surface area contributed by atoms with Crippen LogP contribution in [0, 0.1) is 0 Å². The number of thioether (sulfide) groups is 1. The number of fused-ring (bicyclic) bond motifs is 1. The van der Waals surface area contributed by atoms with Crippen molar-refractivity contribution in [2.75, 3.05) is 13.4 Å². The molecule has 0 saturated heterocycles.